The van der Waals surface area contributed by atoms with Crippen molar-refractivity contribution in [2.24, 2.45) is 0 Å². The van der Waals surface area contributed by atoms with E-state index in [1.165, 1.54) is 11.8 Å². The molecule has 0 unspecified atom stereocenters. The first kappa shape index (κ1) is 9.97. The minimum atomic E-state index is 0.0616. The van der Waals surface area contributed by atoms with Gasteiger partial charge in [-0.3, -0.25) is 4.79 Å². The summed E-state index contributed by atoms with van der Waals surface area (Å²) in [6.07, 6.45) is 1.52. The van der Waals surface area contributed by atoms with Crippen molar-refractivity contribution in [3.8, 4) is 0 Å². The number of aryl methyl sites for hydroxylation is 1. The average Bonchev–Trinajstić information content (AvgIpc) is 2.23. The third-order valence-corrected chi connectivity index (χ3v) is 2.64. The van der Waals surface area contributed by atoms with E-state index >= 15 is 0 Å². The summed E-state index contributed by atoms with van der Waals surface area (Å²) >= 11 is 0. The van der Waals surface area contributed by atoms with E-state index in [0.29, 0.717) is 22.5 Å². The number of benzene rings is 1. The van der Waals surface area contributed by atoms with Crippen molar-refractivity contribution in [1.82, 2.24) is 0 Å². The lowest BCUT2D eigenvalue weighted by atomic mass is 10.0. The van der Waals surface area contributed by atoms with Crippen molar-refractivity contribution >= 4 is 11.0 Å². The Morgan fingerprint density at radius 1 is 1.27 bits per heavy atom. The van der Waals surface area contributed by atoms with Crippen LogP contribution in [0.1, 0.15) is 30.9 Å². The Kier molecular flexibility index (Phi) is 2.35. The van der Waals surface area contributed by atoms with Gasteiger partial charge < -0.3 is 4.42 Å². The second kappa shape index (κ2) is 3.54. The van der Waals surface area contributed by atoms with Crippen LogP contribution in [-0.2, 0) is 0 Å². The van der Waals surface area contributed by atoms with Crippen LogP contribution in [0.25, 0.3) is 11.0 Å². The first-order valence-electron chi connectivity index (χ1n) is 5.11. The lowest BCUT2D eigenvalue weighted by molar-refractivity contribution is 0.596. The summed E-state index contributed by atoms with van der Waals surface area (Å²) in [5, 5.41) is 0.666. The second-order valence-corrected chi connectivity index (χ2v) is 4.16. The highest BCUT2D eigenvalue weighted by Crippen LogP contribution is 2.19. The van der Waals surface area contributed by atoms with Crippen LogP contribution in [0.5, 0.6) is 0 Å². The van der Waals surface area contributed by atoms with Crippen molar-refractivity contribution in [2.75, 3.05) is 0 Å². The fraction of sp³-hybridized carbons (Fsp3) is 0.308. The van der Waals surface area contributed by atoms with Gasteiger partial charge in [-0.2, -0.15) is 0 Å². The van der Waals surface area contributed by atoms with Gasteiger partial charge in [0.15, 0.2) is 5.43 Å². The Balaban J connectivity index is 2.76. The van der Waals surface area contributed by atoms with Crippen molar-refractivity contribution in [1.29, 1.82) is 0 Å². The highest BCUT2D eigenvalue weighted by atomic mass is 16.3. The molecule has 1 aromatic carbocycles. The van der Waals surface area contributed by atoms with Gasteiger partial charge in [0.25, 0.3) is 0 Å². The largest absolute Gasteiger partial charge is 0.464 e. The van der Waals surface area contributed by atoms with Gasteiger partial charge in [0.2, 0.25) is 0 Å². The minimum absolute atomic E-state index is 0.0616. The van der Waals surface area contributed by atoms with Crippen LogP contribution < -0.4 is 5.43 Å². The molecule has 2 heteroatoms. The Labute approximate surface area is 88.5 Å². The summed E-state index contributed by atoms with van der Waals surface area (Å²) in [5.74, 6) is 0.445. The Morgan fingerprint density at radius 3 is 2.67 bits per heavy atom. The molecule has 0 aliphatic carbocycles. The molecule has 0 N–H and O–H groups in total. The normalized spacial score (nSPS) is 11.2. The van der Waals surface area contributed by atoms with Crippen molar-refractivity contribution in [3.05, 3.63) is 45.8 Å². The van der Waals surface area contributed by atoms with Gasteiger partial charge in [-0.1, -0.05) is 19.9 Å². The molecule has 0 saturated heterocycles. The quantitative estimate of drug-likeness (QED) is 0.710. The molecule has 1 heterocycles. The summed E-state index contributed by atoms with van der Waals surface area (Å²) in [6, 6.07) is 5.79. The first-order valence-corrected chi connectivity index (χ1v) is 5.11. The highest BCUT2D eigenvalue weighted by molar-refractivity contribution is 5.77. The summed E-state index contributed by atoms with van der Waals surface area (Å²) in [6.45, 7) is 6.00. The molecule has 0 saturated carbocycles. The standard InChI is InChI=1S/C13H14O2/c1-8(2)10-4-5-11-12(6-10)15-7-9(3)13(11)14/h4-8H,1-3H3. The molecular weight excluding hydrogens is 188 g/mol. The molecular formula is C13H14O2. The van der Waals surface area contributed by atoms with E-state index in [2.05, 4.69) is 13.8 Å². The summed E-state index contributed by atoms with van der Waals surface area (Å²) in [4.78, 5) is 11.7. The molecule has 2 aromatic rings. The number of rotatable bonds is 1. The van der Waals surface area contributed by atoms with Crippen molar-refractivity contribution in [2.45, 2.75) is 26.7 Å². The summed E-state index contributed by atoms with van der Waals surface area (Å²) in [7, 11) is 0. The fourth-order valence-electron chi connectivity index (χ4n) is 1.60. The molecule has 0 aliphatic rings. The van der Waals surface area contributed by atoms with Crippen molar-refractivity contribution < 1.29 is 4.42 Å². The van der Waals surface area contributed by atoms with Gasteiger partial charge in [0, 0.05) is 5.56 Å². The molecule has 0 atom stereocenters. The van der Waals surface area contributed by atoms with Gasteiger partial charge in [0.05, 0.1) is 11.6 Å². The van der Waals surface area contributed by atoms with Crippen LogP contribution in [0.15, 0.2) is 33.7 Å². The van der Waals surface area contributed by atoms with Gasteiger partial charge >= 0.3 is 0 Å². The fourth-order valence-corrected chi connectivity index (χ4v) is 1.60. The minimum Gasteiger partial charge on any atom is -0.464 e. The van der Waals surface area contributed by atoms with Crippen molar-refractivity contribution in [3.63, 3.8) is 0 Å². The van der Waals surface area contributed by atoms with Gasteiger partial charge in [-0.15, -0.1) is 0 Å². The molecule has 0 amide bonds. The lowest BCUT2D eigenvalue weighted by Gasteiger charge is -2.05. The predicted octanol–water partition coefficient (Wildman–Crippen LogP) is 3.22. The Morgan fingerprint density at radius 2 is 2.00 bits per heavy atom. The Bertz CT molecular complexity index is 550. The second-order valence-electron chi connectivity index (χ2n) is 4.16. The molecule has 0 fully saturated rings. The first-order chi connectivity index (χ1) is 7.09. The summed E-state index contributed by atoms with van der Waals surface area (Å²) in [5.41, 5.74) is 2.58. The number of hydrogen-bond donors (Lipinski definition) is 0. The maximum atomic E-state index is 11.7. The Hall–Kier alpha value is -1.57. The third-order valence-electron chi connectivity index (χ3n) is 2.64. The maximum Gasteiger partial charge on any atom is 0.195 e. The van der Waals surface area contributed by atoms with E-state index in [1.807, 2.05) is 18.2 Å². The lowest BCUT2D eigenvalue weighted by Crippen LogP contribution is -2.04. The van der Waals surface area contributed by atoms with E-state index in [0.717, 1.165) is 0 Å². The van der Waals surface area contributed by atoms with Gasteiger partial charge in [-0.25, -0.2) is 0 Å². The zero-order valence-electron chi connectivity index (χ0n) is 9.20. The van der Waals surface area contributed by atoms with Crippen LogP contribution in [0, 0.1) is 6.92 Å². The molecule has 0 aliphatic heterocycles. The average molecular weight is 202 g/mol. The molecule has 2 nitrogen and oxygen atoms in total. The molecule has 2 rings (SSSR count). The topological polar surface area (TPSA) is 30.2 Å². The smallest absolute Gasteiger partial charge is 0.195 e. The van der Waals surface area contributed by atoms with E-state index in [9.17, 15) is 4.79 Å². The van der Waals surface area contributed by atoms with Gasteiger partial charge in [-0.05, 0) is 30.5 Å². The van der Waals surface area contributed by atoms with Crippen LogP contribution in [-0.4, -0.2) is 0 Å². The monoisotopic (exact) mass is 202 g/mol. The molecule has 0 bridgehead atoms. The van der Waals surface area contributed by atoms with E-state index in [-0.39, 0.29) is 5.43 Å². The van der Waals surface area contributed by atoms with E-state index in [1.54, 1.807) is 6.92 Å². The number of fused-ring (bicyclic) bond motifs is 1. The van der Waals surface area contributed by atoms with E-state index < -0.39 is 0 Å². The molecule has 0 spiro atoms. The number of hydrogen-bond acceptors (Lipinski definition) is 2. The zero-order valence-corrected chi connectivity index (χ0v) is 9.20. The molecule has 15 heavy (non-hydrogen) atoms. The SMILES string of the molecule is Cc1coc2cc(C(C)C)ccc2c1=O. The van der Waals surface area contributed by atoms with Crippen LogP contribution in [0.2, 0.25) is 0 Å². The highest BCUT2D eigenvalue weighted by Gasteiger charge is 2.06. The molecule has 1 aromatic heterocycles. The predicted molar refractivity (Wildman–Crippen MR) is 61.3 cm³/mol. The van der Waals surface area contributed by atoms with Gasteiger partial charge in [0.1, 0.15) is 5.58 Å². The molecule has 0 radical (unpaired) electrons. The summed E-state index contributed by atoms with van der Waals surface area (Å²) < 4.78 is 5.41. The van der Waals surface area contributed by atoms with Crippen LogP contribution in [0.4, 0.5) is 0 Å². The maximum absolute atomic E-state index is 11.7. The van der Waals surface area contributed by atoms with E-state index in [4.69, 9.17) is 4.42 Å². The van der Waals surface area contributed by atoms with Crippen LogP contribution >= 0.6 is 0 Å². The zero-order chi connectivity index (χ0) is 11.0. The molecule has 78 valence electrons. The van der Waals surface area contributed by atoms with Crippen LogP contribution in [0.3, 0.4) is 0 Å². The third kappa shape index (κ3) is 1.67.